The second-order valence-electron chi connectivity index (χ2n) is 3.99. The summed E-state index contributed by atoms with van der Waals surface area (Å²) in [5.74, 6) is -1.21. The molecule has 96 valence electrons. The van der Waals surface area contributed by atoms with Gasteiger partial charge in [0.25, 0.3) is 0 Å². The normalized spacial score (nSPS) is 12.7. The largest absolute Gasteiger partial charge is 0.248 e. The van der Waals surface area contributed by atoms with E-state index in [1.807, 2.05) is 6.92 Å². The predicted molar refractivity (Wildman–Crippen MR) is 64.4 cm³/mol. The summed E-state index contributed by atoms with van der Waals surface area (Å²) >= 11 is 6.02. The SMILES string of the molecule is CCC(Cl)c1cn(Cc2cc(F)cc(F)c2)nn1. The summed E-state index contributed by atoms with van der Waals surface area (Å²) in [6.45, 7) is 2.20. The average molecular weight is 272 g/mol. The van der Waals surface area contributed by atoms with Gasteiger partial charge >= 0.3 is 0 Å². The van der Waals surface area contributed by atoms with Crippen molar-refractivity contribution in [1.29, 1.82) is 0 Å². The van der Waals surface area contributed by atoms with Gasteiger partial charge in [0.1, 0.15) is 17.3 Å². The molecule has 1 unspecified atom stereocenters. The van der Waals surface area contributed by atoms with Crippen LogP contribution in [0.25, 0.3) is 0 Å². The minimum Gasteiger partial charge on any atom is -0.248 e. The number of benzene rings is 1. The van der Waals surface area contributed by atoms with Gasteiger partial charge in [-0.1, -0.05) is 12.1 Å². The van der Waals surface area contributed by atoms with Gasteiger partial charge in [0, 0.05) is 6.07 Å². The average Bonchev–Trinajstić information content (AvgIpc) is 2.75. The zero-order valence-electron chi connectivity index (χ0n) is 9.78. The van der Waals surface area contributed by atoms with Crippen LogP contribution in [-0.4, -0.2) is 15.0 Å². The molecule has 0 aliphatic carbocycles. The molecule has 0 N–H and O–H groups in total. The Morgan fingerprint density at radius 1 is 1.28 bits per heavy atom. The lowest BCUT2D eigenvalue weighted by molar-refractivity contribution is 0.572. The van der Waals surface area contributed by atoms with E-state index < -0.39 is 11.6 Å². The Kier molecular flexibility index (Phi) is 3.91. The Morgan fingerprint density at radius 2 is 1.94 bits per heavy atom. The van der Waals surface area contributed by atoms with E-state index in [4.69, 9.17) is 11.6 Å². The van der Waals surface area contributed by atoms with Gasteiger partial charge in [-0.15, -0.1) is 16.7 Å². The van der Waals surface area contributed by atoms with E-state index in [0.717, 1.165) is 12.5 Å². The Balaban J connectivity index is 2.16. The number of rotatable bonds is 4. The highest BCUT2D eigenvalue weighted by atomic mass is 35.5. The van der Waals surface area contributed by atoms with E-state index in [1.54, 1.807) is 6.20 Å². The first-order valence-corrected chi connectivity index (χ1v) is 6.01. The van der Waals surface area contributed by atoms with E-state index in [2.05, 4.69) is 10.3 Å². The molecule has 6 heteroatoms. The number of alkyl halides is 1. The molecule has 0 radical (unpaired) electrons. The molecule has 2 aromatic rings. The Labute approximate surface area is 108 Å². The predicted octanol–water partition coefficient (Wildman–Crippen LogP) is 3.29. The Hall–Kier alpha value is -1.49. The van der Waals surface area contributed by atoms with Crippen molar-refractivity contribution in [2.75, 3.05) is 0 Å². The van der Waals surface area contributed by atoms with Crippen molar-refractivity contribution in [1.82, 2.24) is 15.0 Å². The Bertz CT molecular complexity index is 522. The van der Waals surface area contributed by atoms with E-state index in [0.29, 0.717) is 11.3 Å². The molecule has 0 aliphatic rings. The molecule has 0 bridgehead atoms. The van der Waals surface area contributed by atoms with Crippen molar-refractivity contribution >= 4 is 11.6 Å². The number of hydrogen-bond acceptors (Lipinski definition) is 2. The minimum absolute atomic E-state index is 0.192. The van der Waals surface area contributed by atoms with Crippen LogP contribution in [0.3, 0.4) is 0 Å². The lowest BCUT2D eigenvalue weighted by Gasteiger charge is -2.02. The molecule has 0 spiro atoms. The summed E-state index contributed by atoms with van der Waals surface area (Å²) in [6, 6.07) is 3.37. The van der Waals surface area contributed by atoms with Gasteiger partial charge in [0.05, 0.1) is 18.1 Å². The van der Waals surface area contributed by atoms with Crippen molar-refractivity contribution in [3.63, 3.8) is 0 Å². The van der Waals surface area contributed by atoms with E-state index in [1.165, 1.54) is 16.8 Å². The van der Waals surface area contributed by atoms with Gasteiger partial charge in [-0.05, 0) is 24.1 Å². The molecule has 1 heterocycles. The molecular formula is C12H12ClF2N3. The summed E-state index contributed by atoms with van der Waals surface area (Å²) in [6.07, 6.45) is 2.43. The quantitative estimate of drug-likeness (QED) is 0.799. The zero-order valence-corrected chi connectivity index (χ0v) is 10.5. The summed E-state index contributed by atoms with van der Waals surface area (Å²) in [4.78, 5) is 0. The van der Waals surface area contributed by atoms with Gasteiger partial charge in [-0.25, -0.2) is 13.5 Å². The second kappa shape index (κ2) is 5.44. The van der Waals surface area contributed by atoms with Gasteiger partial charge in [0.2, 0.25) is 0 Å². The maximum Gasteiger partial charge on any atom is 0.126 e. The van der Waals surface area contributed by atoms with Crippen LogP contribution < -0.4 is 0 Å². The minimum atomic E-state index is -0.603. The molecule has 3 nitrogen and oxygen atoms in total. The van der Waals surface area contributed by atoms with Crippen LogP contribution in [0.5, 0.6) is 0 Å². The summed E-state index contributed by atoms with van der Waals surface area (Å²) < 4.78 is 27.5. The van der Waals surface area contributed by atoms with E-state index in [9.17, 15) is 8.78 Å². The fourth-order valence-corrected chi connectivity index (χ4v) is 1.73. The maximum absolute atomic E-state index is 13.0. The highest BCUT2D eigenvalue weighted by Crippen LogP contribution is 2.21. The third-order valence-corrected chi connectivity index (χ3v) is 3.03. The molecule has 2 rings (SSSR count). The third kappa shape index (κ3) is 3.04. The van der Waals surface area contributed by atoms with Gasteiger partial charge < -0.3 is 0 Å². The summed E-state index contributed by atoms with van der Waals surface area (Å²) in [5, 5.41) is 7.61. The van der Waals surface area contributed by atoms with Crippen LogP contribution >= 0.6 is 11.6 Å². The third-order valence-electron chi connectivity index (χ3n) is 2.50. The molecular weight excluding hydrogens is 260 g/mol. The number of nitrogens with zero attached hydrogens (tertiary/aromatic N) is 3. The first-order chi connectivity index (χ1) is 8.58. The van der Waals surface area contributed by atoms with Crippen LogP contribution in [0, 0.1) is 11.6 Å². The van der Waals surface area contributed by atoms with Crippen LogP contribution in [-0.2, 0) is 6.54 Å². The lowest BCUT2D eigenvalue weighted by atomic mass is 10.2. The highest BCUT2D eigenvalue weighted by molar-refractivity contribution is 6.20. The topological polar surface area (TPSA) is 30.7 Å². The highest BCUT2D eigenvalue weighted by Gasteiger charge is 2.10. The first kappa shape index (κ1) is 13.0. The molecule has 0 saturated heterocycles. The van der Waals surface area contributed by atoms with Crippen molar-refractivity contribution < 1.29 is 8.78 Å². The summed E-state index contributed by atoms with van der Waals surface area (Å²) in [5.41, 5.74) is 1.16. The van der Waals surface area contributed by atoms with Crippen molar-refractivity contribution in [3.05, 3.63) is 47.3 Å². The second-order valence-corrected chi connectivity index (χ2v) is 4.52. The van der Waals surface area contributed by atoms with Crippen molar-refractivity contribution in [2.24, 2.45) is 0 Å². The molecule has 1 aromatic carbocycles. The molecule has 1 atom stereocenters. The van der Waals surface area contributed by atoms with Gasteiger partial charge in [0.15, 0.2) is 0 Å². The standard InChI is InChI=1S/C12H12ClF2N3/c1-2-11(13)12-7-18(17-16-12)6-8-3-9(14)5-10(15)4-8/h3-5,7,11H,2,6H2,1H3. The fourth-order valence-electron chi connectivity index (χ4n) is 1.63. The zero-order chi connectivity index (χ0) is 13.1. The molecule has 0 aliphatic heterocycles. The van der Waals surface area contributed by atoms with Crippen LogP contribution in [0.1, 0.15) is 30.0 Å². The van der Waals surface area contributed by atoms with Crippen LogP contribution in [0.2, 0.25) is 0 Å². The maximum atomic E-state index is 13.0. The summed E-state index contributed by atoms with van der Waals surface area (Å²) in [7, 11) is 0. The Morgan fingerprint density at radius 3 is 2.56 bits per heavy atom. The van der Waals surface area contributed by atoms with Crippen LogP contribution in [0.4, 0.5) is 8.78 Å². The molecule has 1 aromatic heterocycles. The smallest absolute Gasteiger partial charge is 0.126 e. The monoisotopic (exact) mass is 271 g/mol. The van der Waals surface area contributed by atoms with Gasteiger partial charge in [-0.3, -0.25) is 0 Å². The molecule has 0 saturated carbocycles. The van der Waals surface area contributed by atoms with E-state index >= 15 is 0 Å². The fraction of sp³-hybridized carbons (Fsp3) is 0.333. The lowest BCUT2D eigenvalue weighted by Crippen LogP contribution is -2.01. The number of hydrogen-bond donors (Lipinski definition) is 0. The first-order valence-electron chi connectivity index (χ1n) is 5.57. The van der Waals surface area contributed by atoms with Crippen molar-refractivity contribution in [2.45, 2.75) is 25.3 Å². The number of halogens is 3. The van der Waals surface area contributed by atoms with E-state index in [-0.39, 0.29) is 11.9 Å². The molecule has 0 amide bonds. The number of aromatic nitrogens is 3. The molecule has 18 heavy (non-hydrogen) atoms. The van der Waals surface area contributed by atoms with Crippen LogP contribution in [0.15, 0.2) is 24.4 Å². The van der Waals surface area contributed by atoms with Crippen molar-refractivity contribution in [3.8, 4) is 0 Å². The molecule has 0 fully saturated rings. The van der Waals surface area contributed by atoms with Gasteiger partial charge in [-0.2, -0.15) is 0 Å².